The van der Waals surface area contributed by atoms with E-state index in [1.165, 1.54) is 0 Å². The van der Waals surface area contributed by atoms with E-state index in [1.54, 1.807) is 0 Å². The fourth-order valence-electron chi connectivity index (χ4n) is 2.95. The van der Waals surface area contributed by atoms with Gasteiger partial charge in [0.25, 0.3) is 5.91 Å². The van der Waals surface area contributed by atoms with E-state index >= 15 is 0 Å². The quantitative estimate of drug-likeness (QED) is 0.864. The average Bonchev–Trinajstić information content (AvgIpc) is 2.63. The summed E-state index contributed by atoms with van der Waals surface area (Å²) in [6, 6.07) is 17.7. The molecule has 1 fully saturated rings. The molecule has 1 saturated heterocycles. The first-order valence-corrected chi connectivity index (χ1v) is 8.42. The highest BCUT2D eigenvalue weighted by Gasteiger charge is 2.24. The fraction of sp³-hybridized carbons (Fsp3) is 0.350. The van der Waals surface area contributed by atoms with Crippen LogP contribution in [0.15, 0.2) is 54.6 Å². The van der Waals surface area contributed by atoms with Gasteiger partial charge < -0.3 is 14.5 Å². The van der Waals surface area contributed by atoms with Crippen molar-refractivity contribution < 1.29 is 9.53 Å². The Morgan fingerprint density at radius 3 is 2.21 bits per heavy atom. The second-order valence-corrected chi connectivity index (χ2v) is 6.36. The molecule has 0 spiro atoms. The van der Waals surface area contributed by atoms with Crippen LogP contribution in [0.2, 0.25) is 0 Å². The number of hydrogen-bond acceptors (Lipinski definition) is 3. The zero-order valence-corrected chi connectivity index (χ0v) is 14.3. The molecule has 24 heavy (non-hydrogen) atoms. The van der Waals surface area contributed by atoms with Gasteiger partial charge in [0.1, 0.15) is 11.9 Å². The molecule has 0 radical (unpaired) electrons. The molecule has 0 aliphatic carbocycles. The van der Waals surface area contributed by atoms with Crippen molar-refractivity contribution >= 4 is 11.6 Å². The number of likely N-dealkylation sites (tertiary alicyclic amines) is 1. The lowest BCUT2D eigenvalue weighted by Crippen LogP contribution is -2.41. The molecule has 1 aliphatic heterocycles. The molecule has 0 bridgehead atoms. The van der Waals surface area contributed by atoms with Crippen molar-refractivity contribution in [3.63, 3.8) is 0 Å². The zero-order valence-electron chi connectivity index (χ0n) is 14.3. The third kappa shape index (κ3) is 3.88. The predicted octanol–water partition coefficient (Wildman–Crippen LogP) is 3.44. The molecule has 0 atom stereocenters. The molecule has 0 N–H and O–H groups in total. The molecule has 126 valence electrons. The largest absolute Gasteiger partial charge is 0.490 e. The highest BCUT2D eigenvalue weighted by molar-refractivity contribution is 5.94. The minimum absolute atomic E-state index is 0.110. The molecule has 0 unspecified atom stereocenters. The topological polar surface area (TPSA) is 32.8 Å². The first-order valence-electron chi connectivity index (χ1n) is 8.42. The van der Waals surface area contributed by atoms with Gasteiger partial charge in [0.05, 0.1) is 0 Å². The number of carbonyl (C=O) groups excluding carboxylic acids is 1. The van der Waals surface area contributed by atoms with Gasteiger partial charge in [-0.1, -0.05) is 18.2 Å². The summed E-state index contributed by atoms with van der Waals surface area (Å²) in [5.74, 6) is 1.01. The Hall–Kier alpha value is -2.49. The molecule has 2 aromatic carbocycles. The van der Waals surface area contributed by atoms with Gasteiger partial charge in [-0.25, -0.2) is 0 Å². The molecule has 0 saturated carbocycles. The van der Waals surface area contributed by atoms with Crippen LogP contribution < -0.4 is 9.64 Å². The molecule has 3 rings (SSSR count). The fourth-order valence-corrected chi connectivity index (χ4v) is 2.95. The van der Waals surface area contributed by atoms with E-state index in [0.29, 0.717) is 0 Å². The van der Waals surface area contributed by atoms with E-state index in [4.69, 9.17) is 4.74 Å². The summed E-state index contributed by atoms with van der Waals surface area (Å²) in [5.41, 5.74) is 1.85. The number of ether oxygens (including phenoxy) is 1. The number of anilines is 1. The number of benzene rings is 2. The van der Waals surface area contributed by atoms with Crippen LogP contribution in [0.4, 0.5) is 5.69 Å². The normalized spacial score (nSPS) is 15.2. The molecule has 1 heterocycles. The Bertz CT molecular complexity index is 660. The van der Waals surface area contributed by atoms with E-state index in [-0.39, 0.29) is 12.0 Å². The van der Waals surface area contributed by atoms with E-state index in [2.05, 4.69) is 0 Å². The van der Waals surface area contributed by atoms with E-state index < -0.39 is 0 Å². The molecular formula is C20H24N2O2. The van der Waals surface area contributed by atoms with Crippen molar-refractivity contribution in [1.82, 2.24) is 4.90 Å². The Balaban J connectivity index is 1.55. The summed E-state index contributed by atoms with van der Waals surface area (Å²) < 4.78 is 5.99. The number of hydrogen-bond donors (Lipinski definition) is 0. The zero-order chi connectivity index (χ0) is 16.9. The summed E-state index contributed by atoms with van der Waals surface area (Å²) in [5, 5.41) is 0. The van der Waals surface area contributed by atoms with Gasteiger partial charge >= 0.3 is 0 Å². The number of amides is 1. The SMILES string of the molecule is CN(C)c1ccc(C(=O)N2CCC(Oc3ccccc3)CC2)cc1. The predicted molar refractivity (Wildman–Crippen MR) is 96.8 cm³/mol. The molecule has 0 aromatic heterocycles. The minimum atomic E-state index is 0.110. The summed E-state index contributed by atoms with van der Waals surface area (Å²) in [6.45, 7) is 1.48. The van der Waals surface area contributed by atoms with E-state index in [9.17, 15) is 4.79 Å². The Labute approximate surface area is 143 Å². The van der Waals surface area contributed by atoms with Crippen molar-refractivity contribution in [2.45, 2.75) is 18.9 Å². The molecule has 2 aromatic rings. The lowest BCUT2D eigenvalue weighted by atomic mass is 10.1. The molecule has 4 nitrogen and oxygen atoms in total. The average molecular weight is 324 g/mol. The van der Waals surface area contributed by atoms with Crippen molar-refractivity contribution in [1.29, 1.82) is 0 Å². The first-order chi connectivity index (χ1) is 11.6. The maximum absolute atomic E-state index is 12.6. The second kappa shape index (κ2) is 7.39. The number of nitrogens with zero attached hydrogens (tertiary/aromatic N) is 2. The van der Waals surface area contributed by atoms with E-state index in [0.717, 1.165) is 42.9 Å². The third-order valence-corrected chi connectivity index (χ3v) is 4.41. The smallest absolute Gasteiger partial charge is 0.253 e. The molecule has 1 aliphatic rings. The monoisotopic (exact) mass is 324 g/mol. The van der Waals surface area contributed by atoms with Crippen molar-refractivity contribution in [2.75, 3.05) is 32.1 Å². The highest BCUT2D eigenvalue weighted by atomic mass is 16.5. The maximum atomic E-state index is 12.6. The van der Waals surface area contributed by atoms with Gasteiger partial charge in [0, 0.05) is 51.3 Å². The summed E-state index contributed by atoms with van der Waals surface area (Å²) in [6.07, 6.45) is 1.93. The lowest BCUT2D eigenvalue weighted by Gasteiger charge is -2.32. The first kappa shape index (κ1) is 16.4. The van der Waals surface area contributed by atoms with Crippen LogP contribution in [0.25, 0.3) is 0 Å². The van der Waals surface area contributed by atoms with Crippen LogP contribution in [0.1, 0.15) is 23.2 Å². The Morgan fingerprint density at radius 1 is 1.00 bits per heavy atom. The Morgan fingerprint density at radius 2 is 1.62 bits per heavy atom. The minimum Gasteiger partial charge on any atom is -0.490 e. The van der Waals surface area contributed by atoms with Gasteiger partial charge in [0.15, 0.2) is 0 Å². The third-order valence-electron chi connectivity index (χ3n) is 4.41. The highest BCUT2D eigenvalue weighted by Crippen LogP contribution is 2.20. The van der Waals surface area contributed by atoms with Crippen LogP contribution in [-0.2, 0) is 0 Å². The van der Waals surface area contributed by atoms with Crippen molar-refractivity contribution in [2.24, 2.45) is 0 Å². The summed E-state index contributed by atoms with van der Waals surface area (Å²) >= 11 is 0. The van der Waals surface area contributed by atoms with E-state index in [1.807, 2.05) is 78.5 Å². The number of para-hydroxylation sites is 1. The standard InChI is InChI=1S/C20H24N2O2/c1-21(2)17-10-8-16(9-11-17)20(23)22-14-12-19(13-15-22)24-18-6-4-3-5-7-18/h3-11,19H,12-15H2,1-2H3. The number of carbonyl (C=O) groups is 1. The summed E-state index contributed by atoms with van der Waals surface area (Å²) in [4.78, 5) is 16.6. The van der Waals surface area contributed by atoms with Gasteiger partial charge in [-0.05, 0) is 36.4 Å². The van der Waals surface area contributed by atoms with Gasteiger partial charge in [-0.3, -0.25) is 4.79 Å². The summed E-state index contributed by atoms with van der Waals surface area (Å²) in [7, 11) is 3.99. The van der Waals surface area contributed by atoms with Gasteiger partial charge in [0.2, 0.25) is 0 Å². The number of piperidine rings is 1. The van der Waals surface area contributed by atoms with Gasteiger partial charge in [-0.2, -0.15) is 0 Å². The van der Waals surface area contributed by atoms with Crippen LogP contribution in [0.3, 0.4) is 0 Å². The van der Waals surface area contributed by atoms with Crippen molar-refractivity contribution in [3.8, 4) is 5.75 Å². The molecular weight excluding hydrogens is 300 g/mol. The van der Waals surface area contributed by atoms with Crippen LogP contribution >= 0.6 is 0 Å². The van der Waals surface area contributed by atoms with Gasteiger partial charge in [-0.15, -0.1) is 0 Å². The van der Waals surface area contributed by atoms with Crippen LogP contribution in [0, 0.1) is 0 Å². The van der Waals surface area contributed by atoms with Crippen LogP contribution in [-0.4, -0.2) is 44.1 Å². The van der Waals surface area contributed by atoms with Crippen molar-refractivity contribution in [3.05, 3.63) is 60.2 Å². The Kier molecular flexibility index (Phi) is 5.04. The molecule has 1 amide bonds. The number of rotatable bonds is 4. The van der Waals surface area contributed by atoms with Crippen LogP contribution in [0.5, 0.6) is 5.75 Å². The molecule has 4 heteroatoms. The lowest BCUT2D eigenvalue weighted by molar-refractivity contribution is 0.0595. The maximum Gasteiger partial charge on any atom is 0.253 e. The second-order valence-electron chi connectivity index (χ2n) is 6.36.